The Morgan fingerprint density at radius 3 is 2.59 bits per heavy atom. The topological polar surface area (TPSA) is 34.0 Å². The fourth-order valence-corrected chi connectivity index (χ4v) is 4.16. The van der Waals surface area contributed by atoms with Crippen LogP contribution in [-0.4, -0.2) is 10.5 Å². The van der Waals surface area contributed by atoms with Crippen molar-refractivity contribution >= 4 is 56.3 Å². The van der Waals surface area contributed by atoms with Gasteiger partial charge in [-0.3, -0.25) is 4.79 Å². The molecule has 2 aromatic heterocycles. The van der Waals surface area contributed by atoms with Gasteiger partial charge in [0.15, 0.2) is 0 Å². The van der Waals surface area contributed by atoms with E-state index in [2.05, 4.69) is 5.32 Å². The van der Waals surface area contributed by atoms with Gasteiger partial charge in [0.25, 0.3) is 5.91 Å². The Labute approximate surface area is 169 Å². The second kappa shape index (κ2) is 7.35. The van der Waals surface area contributed by atoms with E-state index in [9.17, 15) is 9.18 Å². The van der Waals surface area contributed by atoms with Crippen LogP contribution in [0.25, 0.3) is 10.2 Å². The second-order valence-electron chi connectivity index (χ2n) is 5.99. The summed E-state index contributed by atoms with van der Waals surface area (Å²) in [7, 11) is 0. The normalized spacial score (nSPS) is 11.1. The van der Waals surface area contributed by atoms with Gasteiger partial charge < -0.3 is 9.88 Å². The SMILES string of the molecule is O=C(Nc1ccc(Cl)cc1Cl)c1cc2sccc2n1Cc1ccc(F)cc1. The zero-order valence-corrected chi connectivity index (χ0v) is 16.2. The molecule has 0 spiro atoms. The van der Waals surface area contributed by atoms with Crippen LogP contribution in [0.3, 0.4) is 0 Å². The van der Waals surface area contributed by atoms with E-state index in [-0.39, 0.29) is 11.7 Å². The summed E-state index contributed by atoms with van der Waals surface area (Å²) >= 11 is 13.6. The van der Waals surface area contributed by atoms with Crippen LogP contribution < -0.4 is 5.32 Å². The van der Waals surface area contributed by atoms with E-state index >= 15 is 0 Å². The summed E-state index contributed by atoms with van der Waals surface area (Å²) < 4.78 is 16.1. The highest BCUT2D eigenvalue weighted by Crippen LogP contribution is 2.29. The third-order valence-electron chi connectivity index (χ3n) is 4.19. The molecule has 0 aliphatic carbocycles. The van der Waals surface area contributed by atoms with Gasteiger partial charge in [-0.25, -0.2) is 4.39 Å². The molecule has 0 bridgehead atoms. The first kappa shape index (κ1) is 18.0. The van der Waals surface area contributed by atoms with E-state index in [1.165, 1.54) is 12.1 Å². The molecule has 4 aromatic rings. The number of aromatic nitrogens is 1. The lowest BCUT2D eigenvalue weighted by Gasteiger charge is -2.12. The molecule has 1 N–H and O–H groups in total. The number of nitrogens with zero attached hydrogens (tertiary/aromatic N) is 1. The Morgan fingerprint density at radius 1 is 1.07 bits per heavy atom. The molecule has 0 fully saturated rings. The molecular formula is C20H13Cl2FN2OS. The number of amides is 1. The van der Waals surface area contributed by atoms with Crippen molar-refractivity contribution < 1.29 is 9.18 Å². The number of rotatable bonds is 4. The summed E-state index contributed by atoms with van der Waals surface area (Å²) in [4.78, 5) is 12.9. The number of halogens is 3. The summed E-state index contributed by atoms with van der Waals surface area (Å²) in [6.45, 7) is 0.456. The highest BCUT2D eigenvalue weighted by Gasteiger charge is 2.18. The average Bonchev–Trinajstić information content (AvgIpc) is 3.22. The van der Waals surface area contributed by atoms with Crippen LogP contribution in [0, 0.1) is 5.82 Å². The third-order valence-corrected chi connectivity index (χ3v) is 5.59. The fourth-order valence-electron chi connectivity index (χ4n) is 2.89. The number of benzene rings is 2. The quantitative estimate of drug-likeness (QED) is 0.405. The number of hydrogen-bond donors (Lipinski definition) is 1. The predicted molar refractivity (Wildman–Crippen MR) is 110 cm³/mol. The molecule has 0 atom stereocenters. The maximum atomic E-state index is 13.2. The lowest BCUT2D eigenvalue weighted by Crippen LogP contribution is -2.17. The van der Waals surface area contributed by atoms with Gasteiger partial charge in [0.05, 0.1) is 20.9 Å². The lowest BCUT2D eigenvalue weighted by molar-refractivity contribution is 0.101. The van der Waals surface area contributed by atoms with E-state index in [4.69, 9.17) is 23.2 Å². The summed E-state index contributed by atoms with van der Waals surface area (Å²) in [6.07, 6.45) is 0. The highest BCUT2D eigenvalue weighted by atomic mass is 35.5. The number of thiophene rings is 1. The van der Waals surface area contributed by atoms with Crippen molar-refractivity contribution in [1.82, 2.24) is 4.57 Å². The predicted octanol–water partition coefficient (Wildman–Crippen LogP) is 6.45. The smallest absolute Gasteiger partial charge is 0.272 e. The first-order chi connectivity index (χ1) is 13.0. The first-order valence-corrected chi connectivity index (χ1v) is 9.72. The van der Waals surface area contributed by atoms with Crippen molar-refractivity contribution in [2.45, 2.75) is 6.54 Å². The van der Waals surface area contributed by atoms with Crippen LogP contribution in [0.1, 0.15) is 16.1 Å². The van der Waals surface area contributed by atoms with Crippen LogP contribution in [0.15, 0.2) is 60.0 Å². The number of carbonyl (C=O) groups is 1. The van der Waals surface area contributed by atoms with Crippen molar-refractivity contribution in [1.29, 1.82) is 0 Å². The zero-order chi connectivity index (χ0) is 19.0. The van der Waals surface area contributed by atoms with Gasteiger partial charge in [-0.1, -0.05) is 35.3 Å². The summed E-state index contributed by atoms with van der Waals surface area (Å²) in [5.41, 5.74) is 2.85. The maximum Gasteiger partial charge on any atom is 0.272 e. The Balaban J connectivity index is 1.69. The van der Waals surface area contributed by atoms with Crippen molar-refractivity contribution in [2.75, 3.05) is 5.32 Å². The molecule has 136 valence electrons. The van der Waals surface area contributed by atoms with Crippen LogP contribution in [0.5, 0.6) is 0 Å². The Bertz CT molecular complexity index is 1130. The summed E-state index contributed by atoms with van der Waals surface area (Å²) in [6, 6.07) is 15.0. The Kier molecular flexibility index (Phi) is 4.91. The van der Waals surface area contributed by atoms with Gasteiger partial charge in [0.1, 0.15) is 11.5 Å². The molecule has 0 aliphatic rings. The monoisotopic (exact) mass is 418 g/mol. The number of hydrogen-bond acceptors (Lipinski definition) is 2. The highest BCUT2D eigenvalue weighted by molar-refractivity contribution is 7.17. The van der Waals surface area contributed by atoms with E-state index in [1.807, 2.05) is 22.1 Å². The van der Waals surface area contributed by atoms with Gasteiger partial charge >= 0.3 is 0 Å². The van der Waals surface area contributed by atoms with E-state index < -0.39 is 0 Å². The largest absolute Gasteiger partial charge is 0.331 e. The molecule has 0 aliphatic heterocycles. The molecule has 0 saturated carbocycles. The summed E-state index contributed by atoms with van der Waals surface area (Å²) in [5, 5.41) is 5.68. The minimum Gasteiger partial charge on any atom is -0.331 e. The van der Waals surface area contributed by atoms with Gasteiger partial charge in [0.2, 0.25) is 0 Å². The standard InChI is InChI=1S/C20H13Cl2FN2OS/c21-13-3-6-16(15(22)9-13)24-20(26)18-10-19-17(7-8-27-19)25(18)11-12-1-4-14(23)5-2-12/h1-10H,11H2,(H,24,26). The van der Waals surface area contributed by atoms with Gasteiger partial charge in [0, 0.05) is 11.6 Å². The number of nitrogens with one attached hydrogen (secondary N) is 1. The van der Waals surface area contributed by atoms with Crippen LogP contribution in [0.4, 0.5) is 10.1 Å². The molecule has 27 heavy (non-hydrogen) atoms. The van der Waals surface area contributed by atoms with E-state index in [0.717, 1.165) is 15.8 Å². The summed E-state index contributed by atoms with van der Waals surface area (Å²) in [5.74, 6) is -0.563. The number of carbonyl (C=O) groups excluding carboxylic acids is 1. The molecule has 0 radical (unpaired) electrons. The molecular weight excluding hydrogens is 406 g/mol. The number of anilines is 1. The van der Waals surface area contributed by atoms with Crippen molar-refractivity contribution in [3.8, 4) is 0 Å². The van der Waals surface area contributed by atoms with Crippen molar-refractivity contribution in [3.63, 3.8) is 0 Å². The van der Waals surface area contributed by atoms with Gasteiger partial charge in [-0.05, 0) is 53.4 Å². The minimum absolute atomic E-state index is 0.273. The number of fused-ring (bicyclic) bond motifs is 1. The zero-order valence-electron chi connectivity index (χ0n) is 13.9. The first-order valence-electron chi connectivity index (χ1n) is 8.09. The van der Waals surface area contributed by atoms with E-state index in [1.54, 1.807) is 41.7 Å². The van der Waals surface area contributed by atoms with Crippen molar-refractivity contribution in [2.24, 2.45) is 0 Å². The molecule has 7 heteroatoms. The van der Waals surface area contributed by atoms with Gasteiger partial charge in [-0.2, -0.15) is 0 Å². The maximum absolute atomic E-state index is 13.2. The van der Waals surface area contributed by atoms with Crippen LogP contribution in [-0.2, 0) is 6.54 Å². The Hall–Kier alpha value is -2.34. The van der Waals surface area contributed by atoms with E-state index in [0.29, 0.717) is 28.0 Å². The molecule has 2 aromatic carbocycles. The average molecular weight is 419 g/mol. The molecule has 1 amide bonds. The fraction of sp³-hybridized carbons (Fsp3) is 0.0500. The van der Waals surface area contributed by atoms with Crippen LogP contribution in [0.2, 0.25) is 10.0 Å². The molecule has 0 saturated heterocycles. The molecule has 4 rings (SSSR count). The molecule has 3 nitrogen and oxygen atoms in total. The lowest BCUT2D eigenvalue weighted by atomic mass is 10.2. The van der Waals surface area contributed by atoms with Crippen LogP contribution >= 0.6 is 34.5 Å². The van der Waals surface area contributed by atoms with Crippen molar-refractivity contribution in [3.05, 3.63) is 87.1 Å². The third kappa shape index (κ3) is 3.72. The minimum atomic E-state index is -0.290. The molecule has 2 heterocycles. The molecule has 0 unspecified atom stereocenters. The second-order valence-corrected chi connectivity index (χ2v) is 7.78. The van der Waals surface area contributed by atoms with Gasteiger partial charge in [-0.15, -0.1) is 11.3 Å². The Morgan fingerprint density at radius 2 is 1.85 bits per heavy atom.